The Morgan fingerprint density at radius 1 is 1.13 bits per heavy atom. The second-order valence-electron chi connectivity index (χ2n) is 3.70. The molecule has 1 aromatic rings. The normalized spacial score (nSPS) is 10.8. The van der Waals surface area contributed by atoms with Crippen LogP contribution in [0.1, 0.15) is 20.3 Å². The molecule has 0 radical (unpaired) electrons. The molecule has 0 N–H and O–H groups in total. The van der Waals surface area contributed by atoms with Gasteiger partial charge in [0.2, 0.25) is 0 Å². The highest BCUT2D eigenvalue weighted by molar-refractivity contribution is 6.44. The molecule has 0 heterocycles. The summed E-state index contributed by atoms with van der Waals surface area (Å²) in [6.45, 7) is 4.85. The van der Waals surface area contributed by atoms with Gasteiger partial charge < -0.3 is 4.74 Å². The van der Waals surface area contributed by atoms with Gasteiger partial charge >= 0.3 is 0 Å². The molecule has 0 spiro atoms. The van der Waals surface area contributed by atoms with Crippen LogP contribution in [0.2, 0.25) is 15.1 Å². The first-order valence-electron chi connectivity index (χ1n) is 4.78. The van der Waals surface area contributed by atoms with Crippen molar-refractivity contribution in [2.75, 3.05) is 6.61 Å². The molecule has 84 valence electrons. The van der Waals surface area contributed by atoms with Gasteiger partial charge in [0.05, 0.1) is 16.7 Å². The number of hydrogen-bond donors (Lipinski definition) is 0. The zero-order valence-corrected chi connectivity index (χ0v) is 11.0. The Kier molecular flexibility index (Phi) is 5.04. The Morgan fingerprint density at radius 2 is 1.73 bits per heavy atom. The number of hydrogen-bond acceptors (Lipinski definition) is 1. The van der Waals surface area contributed by atoms with Crippen molar-refractivity contribution in [2.45, 2.75) is 20.3 Å². The van der Waals surface area contributed by atoms with Gasteiger partial charge in [-0.05, 0) is 24.5 Å². The SMILES string of the molecule is CC(C)CCOc1c(Cl)ccc(Cl)c1Cl. The van der Waals surface area contributed by atoms with Crippen molar-refractivity contribution >= 4 is 34.8 Å². The van der Waals surface area contributed by atoms with Crippen LogP contribution >= 0.6 is 34.8 Å². The lowest BCUT2D eigenvalue weighted by Crippen LogP contribution is -2.02. The van der Waals surface area contributed by atoms with E-state index in [1.807, 2.05) is 0 Å². The zero-order chi connectivity index (χ0) is 11.4. The third kappa shape index (κ3) is 3.75. The summed E-state index contributed by atoms with van der Waals surface area (Å²) in [4.78, 5) is 0. The number of rotatable bonds is 4. The predicted octanol–water partition coefficient (Wildman–Crippen LogP) is 5.07. The minimum absolute atomic E-state index is 0.382. The van der Waals surface area contributed by atoms with Crippen LogP contribution < -0.4 is 4.74 Å². The van der Waals surface area contributed by atoms with Gasteiger partial charge in [-0.1, -0.05) is 48.7 Å². The molecule has 0 atom stereocenters. The minimum atomic E-state index is 0.382. The van der Waals surface area contributed by atoms with Crippen molar-refractivity contribution in [3.63, 3.8) is 0 Å². The average molecular weight is 268 g/mol. The van der Waals surface area contributed by atoms with Gasteiger partial charge in [-0.3, -0.25) is 0 Å². The van der Waals surface area contributed by atoms with Crippen LogP contribution in [-0.2, 0) is 0 Å². The first kappa shape index (κ1) is 13.0. The second kappa shape index (κ2) is 5.83. The lowest BCUT2D eigenvalue weighted by atomic mass is 10.1. The van der Waals surface area contributed by atoms with Crippen molar-refractivity contribution in [2.24, 2.45) is 5.92 Å². The molecule has 0 aliphatic rings. The van der Waals surface area contributed by atoms with E-state index in [4.69, 9.17) is 39.5 Å². The molecule has 0 saturated carbocycles. The maximum absolute atomic E-state index is 5.97. The van der Waals surface area contributed by atoms with Crippen LogP contribution in [0, 0.1) is 5.92 Å². The summed E-state index contributed by atoms with van der Waals surface area (Å²) in [5, 5.41) is 1.33. The van der Waals surface area contributed by atoms with E-state index in [-0.39, 0.29) is 0 Å². The molecule has 0 saturated heterocycles. The number of halogens is 3. The molecule has 1 nitrogen and oxygen atoms in total. The summed E-state index contributed by atoms with van der Waals surface area (Å²) >= 11 is 17.8. The van der Waals surface area contributed by atoms with Gasteiger partial charge in [0.15, 0.2) is 5.75 Å². The van der Waals surface area contributed by atoms with E-state index < -0.39 is 0 Å². The summed E-state index contributed by atoms with van der Waals surface area (Å²) in [6.07, 6.45) is 0.958. The van der Waals surface area contributed by atoms with Crippen LogP contribution in [-0.4, -0.2) is 6.61 Å². The molecule has 1 rings (SSSR count). The Morgan fingerprint density at radius 3 is 2.33 bits per heavy atom. The van der Waals surface area contributed by atoms with Crippen LogP contribution in [0.25, 0.3) is 0 Å². The molecule has 0 aliphatic carbocycles. The minimum Gasteiger partial charge on any atom is -0.490 e. The first-order chi connectivity index (χ1) is 7.02. The highest BCUT2D eigenvalue weighted by atomic mass is 35.5. The fraction of sp³-hybridized carbons (Fsp3) is 0.455. The zero-order valence-electron chi connectivity index (χ0n) is 8.69. The smallest absolute Gasteiger partial charge is 0.157 e. The van der Waals surface area contributed by atoms with E-state index in [9.17, 15) is 0 Å². The molecular weight excluding hydrogens is 254 g/mol. The quantitative estimate of drug-likeness (QED) is 0.692. The van der Waals surface area contributed by atoms with Crippen LogP contribution in [0.5, 0.6) is 5.75 Å². The summed E-state index contributed by atoms with van der Waals surface area (Å²) in [6, 6.07) is 3.34. The third-order valence-electron chi connectivity index (χ3n) is 1.94. The summed E-state index contributed by atoms with van der Waals surface area (Å²) in [5.74, 6) is 1.06. The second-order valence-corrected chi connectivity index (χ2v) is 4.90. The summed E-state index contributed by atoms with van der Waals surface area (Å²) in [5.41, 5.74) is 0. The van der Waals surface area contributed by atoms with Gasteiger partial charge in [0, 0.05) is 0 Å². The molecule has 1 aromatic carbocycles. The molecular formula is C11H13Cl3O. The Balaban J connectivity index is 2.71. The van der Waals surface area contributed by atoms with E-state index in [1.165, 1.54) is 0 Å². The van der Waals surface area contributed by atoms with Crippen molar-refractivity contribution in [3.8, 4) is 5.75 Å². The van der Waals surface area contributed by atoms with Crippen molar-refractivity contribution in [1.82, 2.24) is 0 Å². The molecule has 0 fully saturated rings. The van der Waals surface area contributed by atoms with E-state index >= 15 is 0 Å². The van der Waals surface area contributed by atoms with E-state index in [0.717, 1.165) is 6.42 Å². The maximum atomic E-state index is 5.97. The van der Waals surface area contributed by atoms with Gasteiger partial charge in [-0.15, -0.1) is 0 Å². The number of ether oxygens (including phenoxy) is 1. The van der Waals surface area contributed by atoms with Gasteiger partial charge in [0.1, 0.15) is 5.02 Å². The van der Waals surface area contributed by atoms with Crippen LogP contribution in [0.15, 0.2) is 12.1 Å². The van der Waals surface area contributed by atoms with Crippen LogP contribution in [0.3, 0.4) is 0 Å². The summed E-state index contributed by atoms with van der Waals surface area (Å²) < 4.78 is 5.51. The highest BCUT2D eigenvalue weighted by Gasteiger charge is 2.10. The first-order valence-corrected chi connectivity index (χ1v) is 5.92. The van der Waals surface area contributed by atoms with Gasteiger partial charge in [-0.2, -0.15) is 0 Å². The molecule has 4 heteroatoms. The summed E-state index contributed by atoms with van der Waals surface area (Å²) in [7, 11) is 0. The highest BCUT2D eigenvalue weighted by Crippen LogP contribution is 2.38. The monoisotopic (exact) mass is 266 g/mol. The van der Waals surface area contributed by atoms with E-state index in [2.05, 4.69) is 13.8 Å². The number of benzene rings is 1. The molecule has 0 amide bonds. The lowest BCUT2D eigenvalue weighted by molar-refractivity contribution is 0.290. The van der Waals surface area contributed by atoms with Gasteiger partial charge in [-0.25, -0.2) is 0 Å². The van der Waals surface area contributed by atoms with Crippen molar-refractivity contribution in [3.05, 3.63) is 27.2 Å². The maximum Gasteiger partial charge on any atom is 0.157 e. The van der Waals surface area contributed by atoms with E-state index in [1.54, 1.807) is 12.1 Å². The topological polar surface area (TPSA) is 9.23 Å². The van der Waals surface area contributed by atoms with Gasteiger partial charge in [0.25, 0.3) is 0 Å². The molecule has 0 aromatic heterocycles. The molecule has 15 heavy (non-hydrogen) atoms. The standard InChI is InChI=1S/C11H13Cl3O/c1-7(2)5-6-15-11-9(13)4-3-8(12)10(11)14/h3-4,7H,5-6H2,1-2H3. The van der Waals surface area contributed by atoms with E-state index in [0.29, 0.717) is 33.3 Å². The fourth-order valence-electron chi connectivity index (χ4n) is 1.04. The Labute approximate surface area is 105 Å². The average Bonchev–Trinajstić information content (AvgIpc) is 2.17. The van der Waals surface area contributed by atoms with Crippen molar-refractivity contribution < 1.29 is 4.74 Å². The predicted molar refractivity (Wildman–Crippen MR) is 66.4 cm³/mol. The third-order valence-corrected chi connectivity index (χ3v) is 3.03. The Hall–Kier alpha value is -0.110. The van der Waals surface area contributed by atoms with Crippen LogP contribution in [0.4, 0.5) is 0 Å². The Bertz CT molecular complexity index is 337. The fourth-order valence-corrected chi connectivity index (χ4v) is 1.67. The molecule has 0 aliphatic heterocycles. The molecule has 0 unspecified atom stereocenters. The van der Waals surface area contributed by atoms with Crippen molar-refractivity contribution in [1.29, 1.82) is 0 Å². The largest absolute Gasteiger partial charge is 0.490 e. The lowest BCUT2D eigenvalue weighted by Gasteiger charge is -2.11. The molecule has 0 bridgehead atoms.